The van der Waals surface area contributed by atoms with Gasteiger partial charge in [0.25, 0.3) is 0 Å². The van der Waals surface area contributed by atoms with Crippen LogP contribution < -0.4 is 4.90 Å². The van der Waals surface area contributed by atoms with E-state index >= 15 is 0 Å². The van der Waals surface area contributed by atoms with E-state index in [1.165, 1.54) is 0 Å². The van der Waals surface area contributed by atoms with Gasteiger partial charge in [-0.2, -0.15) is 5.10 Å². The first-order valence-corrected chi connectivity index (χ1v) is 12.0. The molecule has 4 aromatic rings. The summed E-state index contributed by atoms with van der Waals surface area (Å²) >= 11 is 0. The topological polar surface area (TPSA) is 69.5 Å². The van der Waals surface area contributed by atoms with Crippen LogP contribution in [0.2, 0.25) is 0 Å². The van der Waals surface area contributed by atoms with Gasteiger partial charge < -0.3 is 14.4 Å². The number of hydrogen-bond donors (Lipinski definition) is 0. The van der Waals surface area contributed by atoms with Crippen molar-refractivity contribution in [2.45, 2.75) is 33.3 Å². The first-order chi connectivity index (χ1) is 16.9. The van der Waals surface area contributed by atoms with Crippen LogP contribution in [0.5, 0.6) is 0 Å². The zero-order valence-electron chi connectivity index (χ0n) is 20.6. The lowest BCUT2D eigenvalue weighted by Gasteiger charge is -2.39. The van der Waals surface area contributed by atoms with Crippen molar-refractivity contribution in [2.24, 2.45) is 0 Å². The number of fused-ring (bicyclic) bond motifs is 1. The number of para-hydroxylation sites is 1. The van der Waals surface area contributed by atoms with Crippen LogP contribution in [0, 0.1) is 6.92 Å². The van der Waals surface area contributed by atoms with E-state index in [1.807, 2.05) is 43.3 Å². The molecule has 180 valence electrons. The summed E-state index contributed by atoms with van der Waals surface area (Å²) in [6.45, 7) is 10.7. The summed E-state index contributed by atoms with van der Waals surface area (Å²) in [7, 11) is 0. The number of carbonyl (C=O) groups excluding carboxylic acids is 1. The average Bonchev–Trinajstić information content (AvgIpc) is 3.20. The number of nitrogens with zero attached hydrogens (tertiary/aromatic N) is 4. The highest BCUT2D eigenvalue weighted by Crippen LogP contribution is 2.34. The number of aromatic nitrogens is 3. The third-order valence-electron chi connectivity index (χ3n) is 6.27. The summed E-state index contributed by atoms with van der Waals surface area (Å²) in [5, 5.41) is 5.70. The minimum atomic E-state index is -0.443. The lowest BCUT2D eigenvalue weighted by molar-refractivity contribution is -0.0276. The van der Waals surface area contributed by atoms with E-state index in [1.54, 1.807) is 11.6 Å². The number of rotatable bonds is 5. The molecule has 5 rings (SSSR count). The molecule has 7 nitrogen and oxygen atoms in total. The molecular weight excluding hydrogens is 440 g/mol. The first-order valence-electron chi connectivity index (χ1n) is 12.0. The zero-order valence-corrected chi connectivity index (χ0v) is 20.6. The summed E-state index contributed by atoms with van der Waals surface area (Å²) in [6, 6.07) is 20.1. The monoisotopic (exact) mass is 470 g/mol. The van der Waals surface area contributed by atoms with Crippen LogP contribution in [0.25, 0.3) is 27.8 Å². The molecule has 0 aliphatic carbocycles. The summed E-state index contributed by atoms with van der Waals surface area (Å²) in [5.74, 6) is -0.443. The number of aryl methyl sites for hydroxylation is 1. The second-order valence-electron chi connectivity index (χ2n) is 9.38. The van der Waals surface area contributed by atoms with Crippen molar-refractivity contribution >= 4 is 22.7 Å². The minimum absolute atomic E-state index is 0.175. The third kappa shape index (κ3) is 4.51. The Bertz CT molecular complexity index is 1360. The van der Waals surface area contributed by atoms with Gasteiger partial charge in [0.15, 0.2) is 11.3 Å². The number of morpholine rings is 1. The molecule has 0 radical (unpaired) electrons. The van der Waals surface area contributed by atoms with Crippen LogP contribution in [-0.4, -0.2) is 52.6 Å². The van der Waals surface area contributed by atoms with Gasteiger partial charge in [-0.25, -0.2) is 14.5 Å². The lowest BCUT2D eigenvalue weighted by atomic mass is 10.00. The van der Waals surface area contributed by atoms with E-state index in [4.69, 9.17) is 14.6 Å². The van der Waals surface area contributed by atoms with Crippen LogP contribution in [0.15, 0.2) is 60.7 Å². The maximum Gasteiger partial charge on any atom is 0.357 e. The van der Waals surface area contributed by atoms with Gasteiger partial charge in [-0.1, -0.05) is 30.3 Å². The Labute approximate surface area is 205 Å². The second-order valence-corrected chi connectivity index (χ2v) is 9.38. The Balaban J connectivity index is 1.62. The fraction of sp³-hybridized carbons (Fsp3) is 0.321. The molecule has 0 bridgehead atoms. The molecular formula is C28H30N4O3. The van der Waals surface area contributed by atoms with Crippen LogP contribution >= 0.6 is 0 Å². The Hall–Kier alpha value is -3.71. The highest BCUT2D eigenvalue weighted by atomic mass is 16.5. The van der Waals surface area contributed by atoms with Crippen molar-refractivity contribution in [2.75, 3.05) is 31.2 Å². The molecule has 1 aliphatic rings. The van der Waals surface area contributed by atoms with Crippen molar-refractivity contribution in [1.29, 1.82) is 0 Å². The molecule has 0 saturated carbocycles. The summed E-state index contributed by atoms with van der Waals surface area (Å²) in [5.41, 5.74) is 5.51. The van der Waals surface area contributed by atoms with Gasteiger partial charge in [-0.15, -0.1) is 0 Å². The van der Waals surface area contributed by atoms with E-state index in [0.29, 0.717) is 12.3 Å². The zero-order chi connectivity index (χ0) is 24.6. The summed E-state index contributed by atoms with van der Waals surface area (Å²) < 4.78 is 12.9. The van der Waals surface area contributed by atoms with Crippen LogP contribution in [0.1, 0.15) is 37.0 Å². The third-order valence-corrected chi connectivity index (χ3v) is 6.27. The highest BCUT2D eigenvalue weighted by Gasteiger charge is 2.27. The van der Waals surface area contributed by atoms with Crippen LogP contribution in [0.3, 0.4) is 0 Å². The number of esters is 1. The quantitative estimate of drug-likeness (QED) is 0.374. The molecule has 0 unspecified atom stereocenters. The Morgan fingerprint density at radius 1 is 1.09 bits per heavy atom. The van der Waals surface area contributed by atoms with Crippen LogP contribution in [0.4, 0.5) is 5.69 Å². The fourth-order valence-corrected chi connectivity index (χ4v) is 4.66. The SMILES string of the molecule is CCOC(=O)c1cc(-c2ccc(N3CCOC(C)(C)C3)cc2)c2c(C)nn(-c3ccccc3)c2n1. The molecule has 2 aromatic carbocycles. The standard InChI is InChI=1S/C28H30N4O3/c1-5-34-27(33)24-17-23(20-11-13-21(14-12-20)31-15-16-35-28(3,4)18-31)25-19(2)30-32(26(25)29-24)22-9-7-6-8-10-22/h6-14,17H,5,15-16,18H2,1-4H3. The van der Waals surface area contributed by atoms with E-state index in [2.05, 4.69) is 48.0 Å². The Morgan fingerprint density at radius 2 is 1.83 bits per heavy atom. The van der Waals surface area contributed by atoms with E-state index in [-0.39, 0.29) is 17.9 Å². The fourth-order valence-electron chi connectivity index (χ4n) is 4.66. The average molecular weight is 471 g/mol. The van der Waals surface area contributed by atoms with Gasteiger partial charge in [-0.3, -0.25) is 0 Å². The molecule has 1 fully saturated rings. The molecule has 0 spiro atoms. The second kappa shape index (κ2) is 9.15. The van der Waals surface area contributed by atoms with Gasteiger partial charge in [0.05, 0.1) is 35.6 Å². The molecule has 1 saturated heterocycles. The van der Waals surface area contributed by atoms with Crippen molar-refractivity contribution in [3.63, 3.8) is 0 Å². The molecule has 3 heterocycles. The van der Waals surface area contributed by atoms with Gasteiger partial charge in [0.2, 0.25) is 0 Å². The van der Waals surface area contributed by atoms with E-state index in [9.17, 15) is 4.79 Å². The van der Waals surface area contributed by atoms with Crippen molar-refractivity contribution < 1.29 is 14.3 Å². The van der Waals surface area contributed by atoms with Crippen molar-refractivity contribution in [3.8, 4) is 16.8 Å². The molecule has 2 aromatic heterocycles. The van der Waals surface area contributed by atoms with E-state index < -0.39 is 5.97 Å². The minimum Gasteiger partial charge on any atom is -0.461 e. The predicted molar refractivity (Wildman–Crippen MR) is 137 cm³/mol. The summed E-state index contributed by atoms with van der Waals surface area (Å²) in [4.78, 5) is 19.7. The number of pyridine rings is 1. The molecule has 0 atom stereocenters. The first kappa shape index (κ1) is 23.1. The summed E-state index contributed by atoms with van der Waals surface area (Å²) in [6.07, 6.45) is 0. The maximum atomic E-state index is 12.7. The molecule has 0 amide bonds. The van der Waals surface area contributed by atoms with E-state index in [0.717, 1.165) is 46.7 Å². The lowest BCUT2D eigenvalue weighted by Crippen LogP contribution is -2.48. The largest absolute Gasteiger partial charge is 0.461 e. The maximum absolute atomic E-state index is 12.7. The number of hydrogen-bond acceptors (Lipinski definition) is 6. The Kier molecular flexibility index (Phi) is 6.03. The molecule has 1 aliphatic heterocycles. The van der Waals surface area contributed by atoms with Gasteiger partial charge in [0, 0.05) is 18.8 Å². The number of carbonyl (C=O) groups is 1. The van der Waals surface area contributed by atoms with Gasteiger partial charge >= 0.3 is 5.97 Å². The van der Waals surface area contributed by atoms with Gasteiger partial charge in [-0.05, 0) is 69.2 Å². The van der Waals surface area contributed by atoms with Crippen molar-refractivity contribution in [3.05, 3.63) is 72.1 Å². The normalized spacial score (nSPS) is 15.4. The smallest absolute Gasteiger partial charge is 0.357 e. The van der Waals surface area contributed by atoms with Gasteiger partial charge in [0.1, 0.15) is 0 Å². The molecule has 0 N–H and O–H groups in total. The number of benzene rings is 2. The van der Waals surface area contributed by atoms with Crippen LogP contribution in [-0.2, 0) is 9.47 Å². The number of anilines is 1. The predicted octanol–water partition coefficient (Wildman–Crippen LogP) is 5.19. The number of ether oxygens (including phenoxy) is 2. The van der Waals surface area contributed by atoms with Crippen molar-refractivity contribution in [1.82, 2.24) is 14.8 Å². The molecule has 35 heavy (non-hydrogen) atoms. The Morgan fingerprint density at radius 3 is 2.51 bits per heavy atom. The highest BCUT2D eigenvalue weighted by molar-refractivity contribution is 6.00. The molecule has 7 heteroatoms.